The minimum Gasteiger partial charge on any atom is -0.465 e. The minimum absolute atomic E-state index is 0.0285. The second-order valence-corrected chi connectivity index (χ2v) is 7.89. The first kappa shape index (κ1) is 26.0. The van der Waals surface area contributed by atoms with E-state index in [0.29, 0.717) is 29.8 Å². The Kier molecular flexibility index (Phi) is 9.24. The molecule has 0 spiro atoms. The van der Waals surface area contributed by atoms with Gasteiger partial charge in [0, 0.05) is 31.0 Å². The number of nitrogen functional groups attached to an aromatic ring is 1. The van der Waals surface area contributed by atoms with E-state index in [-0.39, 0.29) is 18.3 Å². The average molecular weight is 489 g/mol. The summed E-state index contributed by atoms with van der Waals surface area (Å²) in [6.45, 7) is 0.433. The molecule has 36 heavy (non-hydrogen) atoms. The summed E-state index contributed by atoms with van der Waals surface area (Å²) in [6, 6.07) is 16.4. The van der Waals surface area contributed by atoms with Crippen molar-refractivity contribution in [2.75, 3.05) is 13.7 Å². The third-order valence-corrected chi connectivity index (χ3v) is 5.34. The van der Waals surface area contributed by atoms with Crippen molar-refractivity contribution >= 4 is 23.6 Å². The fourth-order valence-corrected chi connectivity index (χ4v) is 3.35. The van der Waals surface area contributed by atoms with E-state index in [1.54, 1.807) is 54.9 Å². The fourth-order valence-electron chi connectivity index (χ4n) is 3.35. The average Bonchev–Trinajstić information content (AvgIpc) is 2.91. The van der Waals surface area contributed by atoms with E-state index in [1.807, 2.05) is 18.2 Å². The lowest BCUT2D eigenvalue weighted by molar-refractivity contribution is -0.127. The van der Waals surface area contributed by atoms with Gasteiger partial charge in [-0.05, 0) is 34.9 Å². The lowest BCUT2D eigenvalue weighted by Crippen LogP contribution is -2.42. The summed E-state index contributed by atoms with van der Waals surface area (Å²) >= 11 is 0. The van der Waals surface area contributed by atoms with Crippen LogP contribution in [0.2, 0.25) is 0 Å². The Morgan fingerprint density at radius 3 is 2.25 bits per heavy atom. The van der Waals surface area contributed by atoms with Crippen molar-refractivity contribution in [3.8, 4) is 0 Å². The van der Waals surface area contributed by atoms with E-state index < -0.39 is 17.9 Å². The van der Waals surface area contributed by atoms with Crippen LogP contribution in [0.1, 0.15) is 38.7 Å². The number of nitrogens with two attached hydrogens (primary N) is 1. The summed E-state index contributed by atoms with van der Waals surface area (Å²) in [5.41, 5.74) is 8.79. The molecule has 10 heteroatoms. The highest BCUT2D eigenvalue weighted by atomic mass is 16.5. The molecule has 6 N–H and O–H groups in total. The minimum atomic E-state index is -0.796. The van der Waals surface area contributed by atoms with Crippen molar-refractivity contribution < 1.29 is 19.1 Å². The largest absolute Gasteiger partial charge is 0.465 e. The van der Waals surface area contributed by atoms with Gasteiger partial charge in [0.15, 0.2) is 0 Å². The lowest BCUT2D eigenvalue weighted by Gasteiger charge is -2.19. The summed E-state index contributed by atoms with van der Waals surface area (Å²) in [7, 11) is 1.30. The van der Waals surface area contributed by atoms with Gasteiger partial charge in [-0.2, -0.15) is 0 Å². The highest BCUT2D eigenvalue weighted by Gasteiger charge is 2.21. The van der Waals surface area contributed by atoms with Gasteiger partial charge in [0.2, 0.25) is 11.8 Å². The van der Waals surface area contributed by atoms with Gasteiger partial charge in [-0.15, -0.1) is 0 Å². The number of amides is 2. The second kappa shape index (κ2) is 12.8. The first-order valence-electron chi connectivity index (χ1n) is 11.2. The Hall–Kier alpha value is -4.57. The number of rotatable bonds is 11. The number of benzene rings is 2. The Morgan fingerprint density at radius 1 is 0.944 bits per heavy atom. The molecule has 0 fully saturated rings. The van der Waals surface area contributed by atoms with Crippen LogP contribution in [0.25, 0.3) is 0 Å². The number of esters is 1. The van der Waals surface area contributed by atoms with Crippen molar-refractivity contribution in [3.63, 3.8) is 0 Å². The van der Waals surface area contributed by atoms with Crippen LogP contribution in [0.5, 0.6) is 0 Å². The van der Waals surface area contributed by atoms with E-state index >= 15 is 0 Å². The smallest absolute Gasteiger partial charge is 0.337 e. The van der Waals surface area contributed by atoms with Gasteiger partial charge in [0.1, 0.15) is 11.9 Å². The molecule has 0 saturated carbocycles. The van der Waals surface area contributed by atoms with Gasteiger partial charge >= 0.3 is 5.97 Å². The van der Waals surface area contributed by atoms with Gasteiger partial charge in [-0.3, -0.25) is 25.3 Å². The molecule has 10 nitrogen and oxygen atoms in total. The number of carbonyl (C=O) groups is 3. The number of nitrogens with zero attached hydrogens (tertiary/aromatic N) is 1. The van der Waals surface area contributed by atoms with Crippen LogP contribution in [0, 0.1) is 5.41 Å². The maximum absolute atomic E-state index is 13.1. The van der Waals surface area contributed by atoms with Gasteiger partial charge < -0.3 is 21.1 Å². The van der Waals surface area contributed by atoms with Crippen molar-refractivity contribution in [1.29, 1.82) is 5.41 Å². The first-order chi connectivity index (χ1) is 17.4. The van der Waals surface area contributed by atoms with Crippen LogP contribution in [-0.2, 0) is 27.4 Å². The second-order valence-electron chi connectivity index (χ2n) is 7.89. The van der Waals surface area contributed by atoms with E-state index in [9.17, 15) is 14.4 Å². The van der Waals surface area contributed by atoms with Gasteiger partial charge in [0.25, 0.3) is 0 Å². The Labute approximate surface area is 208 Å². The molecule has 0 radical (unpaired) electrons. The van der Waals surface area contributed by atoms with E-state index in [1.165, 1.54) is 7.11 Å². The number of ether oxygens (including phenoxy) is 1. The van der Waals surface area contributed by atoms with Crippen LogP contribution in [0.3, 0.4) is 0 Å². The van der Waals surface area contributed by atoms with E-state index in [2.05, 4.69) is 20.9 Å². The van der Waals surface area contributed by atoms with Crippen LogP contribution in [-0.4, -0.2) is 42.3 Å². The molecule has 0 aliphatic rings. The monoisotopic (exact) mass is 488 g/mol. The van der Waals surface area contributed by atoms with E-state index in [4.69, 9.17) is 15.9 Å². The molecule has 186 valence electrons. The summed E-state index contributed by atoms with van der Waals surface area (Å²) in [5, 5.41) is 16.1. The zero-order valence-corrected chi connectivity index (χ0v) is 19.8. The predicted octanol–water partition coefficient (Wildman–Crippen LogP) is 1.42. The normalized spacial score (nSPS) is 11.2. The standard InChI is InChI=1S/C26H28N6O4/c1-36-26(35)21-10-8-19(9-11-21)23(31-14-17-4-6-20(7-5-17)24(27)28)25(34)32-16-22(33)30-15-18-3-2-12-29-13-18/h2-13,23,31H,14-16H2,1H3,(H3,27,28)(H,30,33)(H,32,34). The number of aromatic nitrogens is 1. The summed E-state index contributed by atoms with van der Waals surface area (Å²) in [5.74, 6) is -1.25. The highest BCUT2D eigenvalue weighted by molar-refractivity contribution is 5.95. The Morgan fingerprint density at radius 2 is 1.64 bits per heavy atom. The first-order valence-corrected chi connectivity index (χ1v) is 11.2. The van der Waals surface area contributed by atoms with Crippen molar-refractivity contribution in [2.45, 2.75) is 19.1 Å². The molecule has 1 unspecified atom stereocenters. The molecule has 2 amide bonds. The molecule has 1 atom stereocenters. The number of nitrogens with one attached hydrogen (secondary N) is 4. The molecular weight excluding hydrogens is 460 g/mol. The maximum atomic E-state index is 13.1. The number of amidine groups is 1. The molecule has 0 aliphatic heterocycles. The third kappa shape index (κ3) is 7.47. The number of hydrogen-bond acceptors (Lipinski definition) is 7. The molecule has 3 aromatic rings. The van der Waals surface area contributed by atoms with Crippen molar-refractivity contribution in [3.05, 3.63) is 101 Å². The zero-order chi connectivity index (χ0) is 25.9. The number of methoxy groups -OCH3 is 1. The zero-order valence-electron chi connectivity index (χ0n) is 19.8. The molecule has 2 aromatic carbocycles. The van der Waals surface area contributed by atoms with Crippen LogP contribution in [0.15, 0.2) is 73.1 Å². The third-order valence-electron chi connectivity index (χ3n) is 5.34. The molecule has 1 aromatic heterocycles. The molecule has 0 bridgehead atoms. The van der Waals surface area contributed by atoms with Crippen LogP contribution in [0.4, 0.5) is 0 Å². The van der Waals surface area contributed by atoms with E-state index in [0.717, 1.165) is 11.1 Å². The van der Waals surface area contributed by atoms with Gasteiger partial charge in [-0.1, -0.05) is 42.5 Å². The lowest BCUT2D eigenvalue weighted by atomic mass is 10.0. The quantitative estimate of drug-likeness (QED) is 0.155. The van der Waals surface area contributed by atoms with Gasteiger partial charge in [0.05, 0.1) is 19.2 Å². The van der Waals surface area contributed by atoms with Crippen LogP contribution < -0.4 is 21.7 Å². The molecule has 3 rings (SSSR count). The molecule has 1 heterocycles. The molecular formula is C26H28N6O4. The predicted molar refractivity (Wildman–Crippen MR) is 134 cm³/mol. The summed E-state index contributed by atoms with van der Waals surface area (Å²) < 4.78 is 4.73. The topological polar surface area (TPSA) is 159 Å². The SMILES string of the molecule is COC(=O)c1ccc(C(NCc2ccc(C(=N)N)cc2)C(=O)NCC(=O)NCc2cccnc2)cc1. The Balaban J connectivity index is 1.66. The fraction of sp³-hybridized carbons (Fsp3) is 0.192. The van der Waals surface area contributed by atoms with Crippen LogP contribution >= 0.6 is 0 Å². The Bertz CT molecular complexity index is 1200. The maximum Gasteiger partial charge on any atom is 0.337 e. The number of hydrogen-bond donors (Lipinski definition) is 5. The van der Waals surface area contributed by atoms with Gasteiger partial charge in [-0.25, -0.2) is 4.79 Å². The highest BCUT2D eigenvalue weighted by Crippen LogP contribution is 2.16. The van der Waals surface area contributed by atoms with Crippen molar-refractivity contribution in [2.24, 2.45) is 5.73 Å². The number of carbonyl (C=O) groups excluding carboxylic acids is 3. The summed E-state index contributed by atoms with van der Waals surface area (Å²) in [4.78, 5) is 41.1. The van der Waals surface area contributed by atoms with Crippen molar-refractivity contribution in [1.82, 2.24) is 20.9 Å². The summed E-state index contributed by atoms with van der Waals surface area (Å²) in [6.07, 6.45) is 3.30. The molecule has 0 saturated heterocycles. The number of pyridine rings is 1. The molecule has 0 aliphatic carbocycles.